The molecule has 1 amide bonds. The minimum Gasteiger partial charge on any atom is -0.481 e. The topological polar surface area (TPSA) is 51.2 Å². The molecule has 0 bridgehead atoms. The molecular weight excluding hydrogens is 339 g/mol. The molecule has 25 heavy (non-hydrogen) atoms. The van der Waals surface area contributed by atoms with Crippen molar-refractivity contribution in [2.75, 3.05) is 11.9 Å². The fraction of sp³-hybridized carbons (Fsp3) is 0.158. The highest BCUT2D eigenvalue weighted by molar-refractivity contribution is 7.15. The Hall–Kier alpha value is -2.73. The second kappa shape index (κ2) is 7.90. The van der Waals surface area contributed by atoms with Gasteiger partial charge in [0.25, 0.3) is 5.91 Å². The number of rotatable bonds is 6. The van der Waals surface area contributed by atoms with Crippen LogP contribution in [0.1, 0.15) is 16.0 Å². The molecule has 3 rings (SSSR count). The standard InChI is InChI=1S/C19H17FN2O2S/c1-13-5-4-6-14(9-13)10-15-11-21-19(25-15)22-18(23)12-24-17-8-3-2-7-16(17)20/h2-9,11H,10,12H2,1H3,(H,21,22,23). The predicted molar refractivity (Wildman–Crippen MR) is 96.6 cm³/mol. The molecule has 0 saturated heterocycles. The number of ether oxygens (including phenoxy) is 1. The first-order valence-corrected chi connectivity index (χ1v) is 8.59. The number of para-hydroxylation sites is 1. The third kappa shape index (κ3) is 4.87. The molecule has 0 aliphatic rings. The summed E-state index contributed by atoms with van der Waals surface area (Å²) in [4.78, 5) is 17.2. The van der Waals surface area contributed by atoms with Crippen LogP contribution in [0.3, 0.4) is 0 Å². The van der Waals surface area contributed by atoms with Gasteiger partial charge in [0, 0.05) is 17.5 Å². The van der Waals surface area contributed by atoms with Crippen LogP contribution < -0.4 is 10.1 Å². The number of halogens is 1. The Kier molecular flexibility index (Phi) is 5.40. The van der Waals surface area contributed by atoms with Crippen molar-refractivity contribution >= 4 is 22.4 Å². The van der Waals surface area contributed by atoms with Crippen LogP contribution in [0.25, 0.3) is 0 Å². The van der Waals surface area contributed by atoms with Crippen LogP contribution in [-0.2, 0) is 11.2 Å². The van der Waals surface area contributed by atoms with E-state index in [4.69, 9.17) is 4.74 Å². The molecule has 0 unspecified atom stereocenters. The van der Waals surface area contributed by atoms with E-state index < -0.39 is 5.82 Å². The highest BCUT2D eigenvalue weighted by Gasteiger charge is 2.09. The van der Waals surface area contributed by atoms with E-state index in [9.17, 15) is 9.18 Å². The van der Waals surface area contributed by atoms with Gasteiger partial charge in [0.2, 0.25) is 0 Å². The molecule has 1 heterocycles. The molecule has 3 aromatic rings. The van der Waals surface area contributed by atoms with Crippen LogP contribution in [0.2, 0.25) is 0 Å². The van der Waals surface area contributed by atoms with Gasteiger partial charge in [-0.05, 0) is 24.6 Å². The van der Waals surface area contributed by atoms with Gasteiger partial charge in [-0.2, -0.15) is 0 Å². The van der Waals surface area contributed by atoms with E-state index in [0.29, 0.717) is 5.13 Å². The minimum atomic E-state index is -0.495. The SMILES string of the molecule is Cc1cccc(Cc2cnc(NC(=O)COc3ccccc3F)s2)c1. The Balaban J connectivity index is 1.54. The number of nitrogens with zero attached hydrogens (tertiary/aromatic N) is 1. The largest absolute Gasteiger partial charge is 0.481 e. The van der Waals surface area contributed by atoms with Gasteiger partial charge in [-0.25, -0.2) is 9.37 Å². The summed E-state index contributed by atoms with van der Waals surface area (Å²) < 4.78 is 18.6. The molecule has 0 aliphatic carbocycles. The van der Waals surface area contributed by atoms with Crippen molar-refractivity contribution in [2.45, 2.75) is 13.3 Å². The molecule has 0 aliphatic heterocycles. The average Bonchev–Trinajstić information content (AvgIpc) is 3.01. The van der Waals surface area contributed by atoms with Crippen molar-refractivity contribution in [2.24, 2.45) is 0 Å². The summed E-state index contributed by atoms with van der Waals surface area (Å²) in [7, 11) is 0. The third-order valence-corrected chi connectivity index (χ3v) is 4.37. The van der Waals surface area contributed by atoms with Crippen molar-refractivity contribution in [1.29, 1.82) is 0 Å². The van der Waals surface area contributed by atoms with E-state index in [1.165, 1.54) is 34.6 Å². The molecule has 0 spiro atoms. The maximum Gasteiger partial charge on any atom is 0.264 e. The number of anilines is 1. The smallest absolute Gasteiger partial charge is 0.264 e. The van der Waals surface area contributed by atoms with Gasteiger partial charge < -0.3 is 4.74 Å². The minimum absolute atomic E-state index is 0.0527. The summed E-state index contributed by atoms with van der Waals surface area (Å²) >= 11 is 1.41. The number of carbonyl (C=O) groups is 1. The lowest BCUT2D eigenvalue weighted by molar-refractivity contribution is -0.118. The molecule has 0 atom stereocenters. The Bertz CT molecular complexity index is 879. The van der Waals surface area contributed by atoms with E-state index in [1.807, 2.05) is 6.07 Å². The second-order valence-electron chi connectivity index (χ2n) is 5.56. The number of hydrogen-bond acceptors (Lipinski definition) is 4. The molecular formula is C19H17FN2O2S. The summed E-state index contributed by atoms with van der Waals surface area (Å²) in [5.74, 6) is -0.818. The number of carbonyl (C=O) groups excluding carboxylic acids is 1. The Morgan fingerprint density at radius 3 is 2.88 bits per heavy atom. The number of thiazole rings is 1. The van der Waals surface area contributed by atoms with Crippen LogP contribution in [0.15, 0.2) is 54.7 Å². The van der Waals surface area contributed by atoms with Crippen molar-refractivity contribution in [3.8, 4) is 5.75 Å². The Morgan fingerprint density at radius 1 is 1.24 bits per heavy atom. The first kappa shape index (κ1) is 17.1. The van der Waals surface area contributed by atoms with Crippen LogP contribution in [0.5, 0.6) is 5.75 Å². The molecule has 128 valence electrons. The normalized spacial score (nSPS) is 10.5. The van der Waals surface area contributed by atoms with Crippen molar-refractivity contribution < 1.29 is 13.9 Å². The van der Waals surface area contributed by atoms with Gasteiger partial charge in [-0.1, -0.05) is 42.0 Å². The summed E-state index contributed by atoms with van der Waals surface area (Å²) in [6.07, 6.45) is 2.52. The van der Waals surface area contributed by atoms with Gasteiger partial charge in [-0.3, -0.25) is 10.1 Å². The van der Waals surface area contributed by atoms with Crippen LogP contribution in [-0.4, -0.2) is 17.5 Å². The van der Waals surface area contributed by atoms with Crippen LogP contribution in [0, 0.1) is 12.7 Å². The van der Waals surface area contributed by atoms with Crippen LogP contribution in [0.4, 0.5) is 9.52 Å². The predicted octanol–water partition coefficient (Wildman–Crippen LogP) is 4.20. The Labute approximate surface area is 149 Å². The molecule has 1 N–H and O–H groups in total. The van der Waals surface area contributed by atoms with Crippen LogP contribution >= 0.6 is 11.3 Å². The quantitative estimate of drug-likeness (QED) is 0.720. The fourth-order valence-electron chi connectivity index (χ4n) is 2.33. The molecule has 6 heteroatoms. The van der Waals surface area contributed by atoms with E-state index in [2.05, 4.69) is 35.4 Å². The highest BCUT2D eigenvalue weighted by atomic mass is 32.1. The number of aryl methyl sites for hydroxylation is 1. The van der Waals surface area contributed by atoms with Crippen molar-refractivity contribution in [3.63, 3.8) is 0 Å². The summed E-state index contributed by atoms with van der Waals surface area (Å²) in [5.41, 5.74) is 2.41. The highest BCUT2D eigenvalue weighted by Crippen LogP contribution is 2.22. The van der Waals surface area contributed by atoms with Gasteiger partial charge in [0.05, 0.1) is 0 Å². The monoisotopic (exact) mass is 356 g/mol. The molecule has 0 fully saturated rings. The first-order chi connectivity index (χ1) is 12.1. The maximum absolute atomic E-state index is 13.4. The van der Waals surface area contributed by atoms with E-state index in [-0.39, 0.29) is 18.3 Å². The zero-order valence-electron chi connectivity index (χ0n) is 13.7. The lowest BCUT2D eigenvalue weighted by atomic mass is 10.1. The maximum atomic E-state index is 13.4. The van der Waals surface area contributed by atoms with Crippen molar-refractivity contribution in [1.82, 2.24) is 4.98 Å². The molecule has 0 radical (unpaired) electrons. The number of amides is 1. The first-order valence-electron chi connectivity index (χ1n) is 7.77. The Morgan fingerprint density at radius 2 is 2.08 bits per heavy atom. The number of benzene rings is 2. The number of nitrogens with one attached hydrogen (secondary N) is 1. The molecule has 1 aromatic heterocycles. The lowest BCUT2D eigenvalue weighted by Gasteiger charge is -2.06. The van der Waals surface area contributed by atoms with E-state index in [1.54, 1.807) is 18.3 Å². The number of aromatic nitrogens is 1. The van der Waals surface area contributed by atoms with Gasteiger partial charge in [0.1, 0.15) is 0 Å². The van der Waals surface area contributed by atoms with Gasteiger partial charge in [0.15, 0.2) is 23.3 Å². The second-order valence-corrected chi connectivity index (χ2v) is 6.68. The molecule has 0 saturated carbocycles. The third-order valence-electron chi connectivity index (χ3n) is 3.46. The van der Waals surface area contributed by atoms with Gasteiger partial charge >= 0.3 is 0 Å². The number of hydrogen-bond donors (Lipinski definition) is 1. The lowest BCUT2D eigenvalue weighted by Crippen LogP contribution is -2.20. The summed E-state index contributed by atoms with van der Waals surface area (Å²) in [6.45, 7) is 1.78. The zero-order valence-corrected chi connectivity index (χ0v) is 14.5. The van der Waals surface area contributed by atoms with E-state index >= 15 is 0 Å². The zero-order chi connectivity index (χ0) is 17.6. The average molecular weight is 356 g/mol. The summed E-state index contributed by atoms with van der Waals surface area (Å²) in [6, 6.07) is 14.2. The van der Waals surface area contributed by atoms with Crippen molar-refractivity contribution in [3.05, 3.63) is 76.5 Å². The molecule has 2 aromatic carbocycles. The summed E-state index contributed by atoms with van der Waals surface area (Å²) in [5, 5.41) is 3.17. The van der Waals surface area contributed by atoms with Gasteiger partial charge in [-0.15, -0.1) is 11.3 Å². The fourth-order valence-corrected chi connectivity index (χ4v) is 3.19. The molecule has 4 nitrogen and oxygen atoms in total. The van der Waals surface area contributed by atoms with E-state index in [0.717, 1.165) is 11.3 Å².